The molecular weight excluding hydrogens is 384 g/mol. The number of hydrogen-bond acceptors (Lipinski definition) is 5. The fourth-order valence-electron chi connectivity index (χ4n) is 3.64. The Bertz CT molecular complexity index is 1570. The highest BCUT2D eigenvalue weighted by Gasteiger charge is 2.19. The van der Waals surface area contributed by atoms with Crippen molar-refractivity contribution < 1.29 is 4.74 Å². The second-order valence-corrected chi connectivity index (χ2v) is 6.97. The summed E-state index contributed by atoms with van der Waals surface area (Å²) in [5.74, 6) is 1.08. The lowest BCUT2D eigenvalue weighted by Gasteiger charge is -2.07. The van der Waals surface area contributed by atoms with Crippen molar-refractivity contribution >= 4 is 21.5 Å². The van der Waals surface area contributed by atoms with Crippen LogP contribution in [-0.4, -0.2) is 9.13 Å². The summed E-state index contributed by atoms with van der Waals surface area (Å²) in [4.78, 5) is 50.5. The second kappa shape index (κ2) is 6.38. The molecule has 7 heteroatoms. The molecule has 0 amide bonds. The summed E-state index contributed by atoms with van der Waals surface area (Å²) < 4.78 is 7.78. The van der Waals surface area contributed by atoms with Crippen molar-refractivity contribution in [2.75, 3.05) is 0 Å². The van der Waals surface area contributed by atoms with E-state index in [0.717, 1.165) is 9.13 Å². The maximum atomic E-state index is 13.0. The fourth-order valence-corrected chi connectivity index (χ4v) is 3.64. The third-order valence-corrected chi connectivity index (χ3v) is 5.15. The molecule has 0 atom stereocenters. The molecule has 5 rings (SSSR count). The third kappa shape index (κ3) is 2.52. The number of hydrogen-bond donors (Lipinski definition) is 0. The smallest absolute Gasteiger partial charge is 0.266 e. The van der Waals surface area contributed by atoms with Gasteiger partial charge in [0.2, 0.25) is 0 Å². The van der Waals surface area contributed by atoms with Gasteiger partial charge in [0.25, 0.3) is 22.2 Å². The molecule has 3 aromatic carbocycles. The molecule has 2 heterocycles. The Morgan fingerprint density at radius 2 is 1.13 bits per heavy atom. The van der Waals surface area contributed by atoms with Crippen LogP contribution in [-0.2, 0) is 7.05 Å². The average Bonchev–Trinajstić information content (AvgIpc) is 3.13. The normalized spacial score (nSPS) is 11.4. The predicted octanol–water partition coefficient (Wildman–Crippen LogP) is 2.23. The molecule has 5 aromatic rings. The van der Waals surface area contributed by atoms with Crippen molar-refractivity contribution in [1.29, 1.82) is 0 Å². The van der Waals surface area contributed by atoms with Gasteiger partial charge in [-0.3, -0.25) is 23.7 Å². The Kier molecular flexibility index (Phi) is 3.79. The van der Waals surface area contributed by atoms with Crippen LogP contribution in [0.1, 0.15) is 0 Å². The van der Waals surface area contributed by atoms with Gasteiger partial charge >= 0.3 is 0 Å². The second-order valence-electron chi connectivity index (χ2n) is 6.97. The molecular formula is C23H14N2O5. The zero-order valence-corrected chi connectivity index (χ0v) is 15.8. The van der Waals surface area contributed by atoms with Gasteiger partial charge in [-0.05, 0) is 36.4 Å². The van der Waals surface area contributed by atoms with Crippen LogP contribution in [0.15, 0.2) is 85.9 Å². The molecule has 0 N–H and O–H groups in total. The topological polar surface area (TPSA) is 87.4 Å². The molecule has 0 saturated heterocycles. The van der Waals surface area contributed by atoms with E-state index in [0.29, 0.717) is 17.2 Å². The highest BCUT2D eigenvalue weighted by molar-refractivity contribution is 5.98. The quantitative estimate of drug-likeness (QED) is 0.465. The van der Waals surface area contributed by atoms with Crippen LogP contribution >= 0.6 is 0 Å². The van der Waals surface area contributed by atoms with Gasteiger partial charge in [0.05, 0.1) is 27.2 Å². The van der Waals surface area contributed by atoms with Gasteiger partial charge in [0.15, 0.2) is 0 Å². The van der Waals surface area contributed by atoms with Crippen LogP contribution in [0.5, 0.6) is 11.5 Å². The number of ether oxygens (including phenoxy) is 1. The lowest BCUT2D eigenvalue weighted by atomic mass is 10.1. The van der Waals surface area contributed by atoms with Gasteiger partial charge in [0.1, 0.15) is 11.5 Å². The molecule has 0 aliphatic heterocycles. The monoisotopic (exact) mass is 398 g/mol. The van der Waals surface area contributed by atoms with Gasteiger partial charge < -0.3 is 4.74 Å². The minimum atomic E-state index is -0.551. The summed E-state index contributed by atoms with van der Waals surface area (Å²) in [6.07, 6.45) is 0. The van der Waals surface area contributed by atoms with Gasteiger partial charge in [-0.1, -0.05) is 24.3 Å². The number of nitrogens with zero attached hydrogens (tertiary/aromatic N) is 2. The van der Waals surface area contributed by atoms with Crippen molar-refractivity contribution in [3.8, 4) is 17.2 Å². The van der Waals surface area contributed by atoms with E-state index in [9.17, 15) is 19.2 Å². The Morgan fingerprint density at radius 3 is 1.73 bits per heavy atom. The molecule has 2 aromatic heterocycles. The van der Waals surface area contributed by atoms with Crippen molar-refractivity contribution in [2.24, 2.45) is 7.05 Å². The predicted molar refractivity (Wildman–Crippen MR) is 114 cm³/mol. The van der Waals surface area contributed by atoms with E-state index in [4.69, 9.17) is 4.74 Å². The van der Waals surface area contributed by atoms with Crippen molar-refractivity contribution in [1.82, 2.24) is 9.13 Å². The summed E-state index contributed by atoms with van der Waals surface area (Å²) in [7, 11) is 1.37. The van der Waals surface area contributed by atoms with E-state index < -0.39 is 22.2 Å². The third-order valence-electron chi connectivity index (χ3n) is 5.15. The highest BCUT2D eigenvalue weighted by atomic mass is 16.5. The van der Waals surface area contributed by atoms with Crippen molar-refractivity contribution in [3.63, 3.8) is 0 Å². The minimum absolute atomic E-state index is 0.101. The molecule has 0 spiro atoms. The summed E-state index contributed by atoms with van der Waals surface area (Å²) in [5.41, 5.74) is -1.75. The van der Waals surface area contributed by atoms with E-state index in [1.54, 1.807) is 36.4 Å². The van der Waals surface area contributed by atoms with Crippen LogP contribution in [0.25, 0.3) is 27.2 Å². The molecule has 0 aliphatic carbocycles. The van der Waals surface area contributed by atoms with Crippen molar-refractivity contribution in [2.45, 2.75) is 0 Å². The zero-order chi connectivity index (χ0) is 21.0. The van der Waals surface area contributed by atoms with E-state index in [2.05, 4.69) is 0 Å². The Balaban J connectivity index is 1.71. The van der Waals surface area contributed by atoms with Crippen LogP contribution in [0.2, 0.25) is 0 Å². The highest BCUT2D eigenvalue weighted by Crippen LogP contribution is 2.23. The van der Waals surface area contributed by atoms with Crippen LogP contribution in [0.3, 0.4) is 0 Å². The van der Waals surface area contributed by atoms with E-state index in [1.165, 1.54) is 19.2 Å². The van der Waals surface area contributed by atoms with E-state index >= 15 is 0 Å². The van der Waals surface area contributed by atoms with E-state index in [-0.39, 0.29) is 21.5 Å². The van der Waals surface area contributed by atoms with Crippen LogP contribution in [0.4, 0.5) is 0 Å². The summed E-state index contributed by atoms with van der Waals surface area (Å²) in [5, 5.41) is 0.463. The molecule has 146 valence electrons. The van der Waals surface area contributed by atoms with Gasteiger partial charge in [-0.15, -0.1) is 0 Å². The Morgan fingerprint density at radius 1 is 0.600 bits per heavy atom. The molecule has 0 bridgehead atoms. The number of fused-ring (bicyclic) bond motifs is 2. The molecule has 0 fully saturated rings. The summed E-state index contributed by atoms with van der Waals surface area (Å²) >= 11 is 0. The first-order valence-corrected chi connectivity index (χ1v) is 9.18. The standard InChI is InChI=1S/C23H14N2O5/c1-24-20(26)16-11-18-19(12-17(16)21(24)27)23(29)25(22(18)28)13-6-5-9-15(10-13)30-14-7-3-2-4-8-14/h2-12H,1H3. The first kappa shape index (κ1) is 17.8. The minimum Gasteiger partial charge on any atom is -0.457 e. The SMILES string of the molecule is Cn1c(=O)c2cc3c(=O)n(-c4cccc(Oc5ccccc5)c4)c(=O)c3cc2c1=O. The molecule has 7 nitrogen and oxygen atoms in total. The maximum absolute atomic E-state index is 13.0. The molecule has 0 saturated carbocycles. The first-order valence-electron chi connectivity index (χ1n) is 9.18. The maximum Gasteiger partial charge on any atom is 0.266 e. The Hall–Kier alpha value is -4.26. The molecule has 0 radical (unpaired) electrons. The van der Waals surface area contributed by atoms with Gasteiger partial charge in [-0.2, -0.15) is 0 Å². The lowest BCUT2D eigenvalue weighted by molar-refractivity contribution is 0.482. The number of rotatable bonds is 3. The summed E-state index contributed by atoms with van der Waals surface area (Å²) in [6.45, 7) is 0. The van der Waals surface area contributed by atoms with Crippen molar-refractivity contribution in [3.05, 3.63) is 108 Å². The molecule has 30 heavy (non-hydrogen) atoms. The molecule has 0 aliphatic rings. The lowest BCUT2D eigenvalue weighted by Crippen LogP contribution is -2.23. The van der Waals surface area contributed by atoms with Gasteiger partial charge in [-0.25, -0.2) is 4.57 Å². The first-order chi connectivity index (χ1) is 14.5. The molecule has 0 unspecified atom stereocenters. The van der Waals surface area contributed by atoms with E-state index in [1.807, 2.05) is 18.2 Å². The number of para-hydroxylation sites is 1. The van der Waals surface area contributed by atoms with Gasteiger partial charge in [0, 0.05) is 13.1 Å². The summed E-state index contributed by atoms with van der Waals surface area (Å²) in [6, 6.07) is 18.4. The average molecular weight is 398 g/mol. The largest absolute Gasteiger partial charge is 0.457 e. The number of benzene rings is 3. The fraction of sp³-hybridized carbons (Fsp3) is 0.0435. The zero-order valence-electron chi connectivity index (χ0n) is 15.8. The number of aromatic nitrogens is 2. The Labute approximate surface area is 168 Å². The van der Waals surface area contributed by atoms with Crippen LogP contribution < -0.4 is 27.0 Å². The van der Waals surface area contributed by atoms with Crippen LogP contribution in [0, 0.1) is 0 Å².